The molecule has 0 bridgehead atoms. The van der Waals surface area contributed by atoms with Gasteiger partial charge in [-0.2, -0.15) is 0 Å². The predicted molar refractivity (Wildman–Crippen MR) is 111 cm³/mol. The van der Waals surface area contributed by atoms with Gasteiger partial charge in [0, 0.05) is 42.8 Å². The van der Waals surface area contributed by atoms with Gasteiger partial charge in [-0.3, -0.25) is 9.69 Å². The van der Waals surface area contributed by atoms with Crippen molar-refractivity contribution >= 4 is 17.6 Å². The Balaban J connectivity index is 1.58. The highest BCUT2D eigenvalue weighted by atomic mass is 16.2. The number of piperidine rings is 1. The second-order valence-corrected chi connectivity index (χ2v) is 8.14. The molecule has 2 fully saturated rings. The lowest BCUT2D eigenvalue weighted by Gasteiger charge is -2.41. The van der Waals surface area contributed by atoms with E-state index in [1.165, 1.54) is 5.56 Å². The van der Waals surface area contributed by atoms with E-state index in [1.54, 1.807) is 4.90 Å². The zero-order valence-electron chi connectivity index (χ0n) is 16.6. The molecule has 2 heterocycles. The Morgan fingerprint density at radius 3 is 2.61 bits per heavy atom. The third kappa shape index (κ3) is 3.37. The van der Waals surface area contributed by atoms with Crippen LogP contribution in [0.15, 0.2) is 48.5 Å². The van der Waals surface area contributed by atoms with Crippen LogP contribution in [0, 0.1) is 6.92 Å². The van der Waals surface area contributed by atoms with Crippen LogP contribution in [0.2, 0.25) is 0 Å². The summed E-state index contributed by atoms with van der Waals surface area (Å²) in [7, 11) is 0. The molecule has 2 aliphatic rings. The van der Waals surface area contributed by atoms with E-state index >= 15 is 0 Å². The van der Waals surface area contributed by atoms with Crippen LogP contribution in [0.5, 0.6) is 0 Å². The first-order valence-corrected chi connectivity index (χ1v) is 9.99. The van der Waals surface area contributed by atoms with Crippen LogP contribution in [0.25, 0.3) is 0 Å². The molecule has 0 spiro atoms. The van der Waals surface area contributed by atoms with Gasteiger partial charge in [0.2, 0.25) is 0 Å². The van der Waals surface area contributed by atoms with Crippen LogP contribution >= 0.6 is 0 Å². The highest BCUT2D eigenvalue weighted by molar-refractivity contribution is 5.99. The molecule has 146 valence electrons. The molecule has 0 aliphatic carbocycles. The number of urea groups is 1. The van der Waals surface area contributed by atoms with Crippen molar-refractivity contribution in [3.63, 3.8) is 0 Å². The first-order valence-electron chi connectivity index (χ1n) is 9.99. The lowest BCUT2D eigenvalue weighted by atomic mass is 9.76. The number of benzene rings is 2. The van der Waals surface area contributed by atoms with Gasteiger partial charge in [0.25, 0.3) is 5.91 Å². The lowest BCUT2D eigenvalue weighted by Crippen LogP contribution is -2.47. The fourth-order valence-corrected chi connectivity index (χ4v) is 4.41. The molecular weight excluding hydrogens is 350 g/mol. The molecule has 3 amide bonds. The van der Waals surface area contributed by atoms with Crippen molar-refractivity contribution in [2.75, 3.05) is 31.1 Å². The minimum Gasteiger partial charge on any atom is -0.338 e. The average molecular weight is 377 g/mol. The molecule has 0 aromatic heterocycles. The Hall–Kier alpha value is -2.82. The molecule has 28 heavy (non-hydrogen) atoms. The van der Waals surface area contributed by atoms with Crippen molar-refractivity contribution in [1.29, 1.82) is 0 Å². The fourth-order valence-electron chi connectivity index (χ4n) is 4.41. The highest BCUT2D eigenvalue weighted by Gasteiger charge is 2.35. The SMILES string of the molecule is Cc1ccc(C(=O)N2CCC[C@@](C)(c3ccccc3)C2)cc1N1CCNC1=O. The normalized spacial score (nSPS) is 22.3. The summed E-state index contributed by atoms with van der Waals surface area (Å²) in [6, 6.07) is 16.1. The van der Waals surface area contributed by atoms with E-state index in [-0.39, 0.29) is 17.4 Å². The van der Waals surface area contributed by atoms with E-state index in [4.69, 9.17) is 0 Å². The summed E-state index contributed by atoms with van der Waals surface area (Å²) in [6.07, 6.45) is 2.07. The van der Waals surface area contributed by atoms with Gasteiger partial charge in [-0.25, -0.2) is 4.79 Å². The van der Waals surface area contributed by atoms with Crippen LogP contribution < -0.4 is 10.2 Å². The molecule has 2 aliphatic heterocycles. The Morgan fingerprint density at radius 2 is 1.89 bits per heavy atom. The standard InChI is InChI=1S/C23H27N3O2/c1-17-9-10-18(15-20(17)26-14-12-24-22(26)28)21(27)25-13-6-11-23(2,16-25)19-7-4-3-5-8-19/h3-5,7-10,15H,6,11-14,16H2,1-2H3,(H,24,28)/t23-/m1/s1. The summed E-state index contributed by atoms with van der Waals surface area (Å²) in [4.78, 5) is 29.0. The van der Waals surface area contributed by atoms with Gasteiger partial charge in [0.05, 0.1) is 0 Å². The van der Waals surface area contributed by atoms with Gasteiger partial charge in [-0.15, -0.1) is 0 Å². The van der Waals surface area contributed by atoms with Crippen LogP contribution in [-0.4, -0.2) is 43.0 Å². The van der Waals surface area contributed by atoms with Gasteiger partial charge < -0.3 is 10.2 Å². The summed E-state index contributed by atoms with van der Waals surface area (Å²) in [5.74, 6) is 0.0442. The third-order valence-electron chi connectivity index (χ3n) is 6.06. The monoisotopic (exact) mass is 377 g/mol. The van der Waals surface area contributed by atoms with Crippen LogP contribution in [0.4, 0.5) is 10.5 Å². The van der Waals surface area contributed by atoms with E-state index in [9.17, 15) is 9.59 Å². The van der Waals surface area contributed by atoms with Gasteiger partial charge in [0.15, 0.2) is 0 Å². The van der Waals surface area contributed by atoms with Gasteiger partial charge in [-0.1, -0.05) is 43.3 Å². The molecule has 2 aromatic rings. The Bertz CT molecular complexity index is 896. The average Bonchev–Trinajstić information content (AvgIpc) is 3.14. The Morgan fingerprint density at radius 1 is 1.11 bits per heavy atom. The summed E-state index contributed by atoms with van der Waals surface area (Å²) in [6.45, 7) is 6.97. The maximum Gasteiger partial charge on any atom is 0.322 e. The van der Waals surface area contributed by atoms with E-state index < -0.39 is 0 Å². The second kappa shape index (κ2) is 7.30. The van der Waals surface area contributed by atoms with E-state index in [2.05, 4.69) is 36.5 Å². The first-order chi connectivity index (χ1) is 13.5. The molecule has 2 aromatic carbocycles. The molecule has 0 radical (unpaired) electrons. The number of hydrogen-bond donors (Lipinski definition) is 1. The molecule has 2 saturated heterocycles. The van der Waals surface area contributed by atoms with Crippen molar-refractivity contribution in [2.24, 2.45) is 0 Å². The Labute approximate surface area is 166 Å². The van der Waals surface area contributed by atoms with Crippen molar-refractivity contribution in [3.05, 3.63) is 65.2 Å². The molecular formula is C23H27N3O2. The van der Waals surface area contributed by atoms with Gasteiger partial charge in [0.1, 0.15) is 0 Å². The molecule has 1 atom stereocenters. The molecule has 4 rings (SSSR count). The largest absolute Gasteiger partial charge is 0.338 e. The maximum atomic E-state index is 13.3. The van der Waals surface area contributed by atoms with Crippen molar-refractivity contribution in [3.8, 4) is 0 Å². The molecule has 5 nitrogen and oxygen atoms in total. The lowest BCUT2D eigenvalue weighted by molar-refractivity contribution is 0.0651. The zero-order valence-corrected chi connectivity index (χ0v) is 16.6. The van der Waals surface area contributed by atoms with E-state index in [0.29, 0.717) is 25.2 Å². The Kier molecular flexibility index (Phi) is 4.84. The van der Waals surface area contributed by atoms with Crippen LogP contribution in [0.3, 0.4) is 0 Å². The number of nitrogens with one attached hydrogen (secondary N) is 1. The number of nitrogens with zero attached hydrogens (tertiary/aromatic N) is 2. The number of rotatable bonds is 3. The summed E-state index contributed by atoms with van der Waals surface area (Å²) >= 11 is 0. The number of carbonyl (C=O) groups is 2. The van der Waals surface area contributed by atoms with Gasteiger partial charge >= 0.3 is 6.03 Å². The van der Waals surface area contributed by atoms with Crippen LogP contribution in [-0.2, 0) is 5.41 Å². The number of anilines is 1. The molecule has 0 saturated carbocycles. The summed E-state index contributed by atoms with van der Waals surface area (Å²) in [5.41, 5.74) is 3.73. The predicted octanol–water partition coefficient (Wildman–Crippen LogP) is 3.72. The fraction of sp³-hybridized carbons (Fsp3) is 0.391. The minimum absolute atomic E-state index is 0.0302. The number of amides is 3. The zero-order chi connectivity index (χ0) is 19.7. The quantitative estimate of drug-likeness (QED) is 0.886. The van der Waals surface area contributed by atoms with E-state index in [1.807, 2.05) is 36.1 Å². The smallest absolute Gasteiger partial charge is 0.322 e. The van der Waals surface area contributed by atoms with Crippen LogP contribution in [0.1, 0.15) is 41.3 Å². The molecule has 5 heteroatoms. The van der Waals surface area contributed by atoms with Crippen molar-refractivity contribution in [1.82, 2.24) is 10.2 Å². The first kappa shape index (κ1) is 18.5. The highest BCUT2D eigenvalue weighted by Crippen LogP contribution is 2.34. The number of carbonyl (C=O) groups excluding carboxylic acids is 2. The summed E-state index contributed by atoms with van der Waals surface area (Å²) < 4.78 is 0. The number of likely N-dealkylation sites (tertiary alicyclic amines) is 1. The van der Waals surface area contributed by atoms with Crippen molar-refractivity contribution in [2.45, 2.75) is 32.1 Å². The molecule has 0 unspecified atom stereocenters. The van der Waals surface area contributed by atoms with Crippen molar-refractivity contribution < 1.29 is 9.59 Å². The minimum atomic E-state index is -0.0951. The van der Waals surface area contributed by atoms with Gasteiger partial charge in [-0.05, 0) is 43.0 Å². The van der Waals surface area contributed by atoms with E-state index in [0.717, 1.165) is 30.6 Å². The second-order valence-electron chi connectivity index (χ2n) is 8.14. The topological polar surface area (TPSA) is 52.7 Å². The number of aryl methyl sites for hydroxylation is 1. The number of hydrogen-bond acceptors (Lipinski definition) is 2. The maximum absolute atomic E-state index is 13.3. The third-order valence-corrected chi connectivity index (χ3v) is 6.06. The molecule has 1 N–H and O–H groups in total. The summed E-state index contributed by atoms with van der Waals surface area (Å²) in [5, 5.41) is 2.83.